The van der Waals surface area contributed by atoms with Gasteiger partial charge in [-0.2, -0.15) is 0 Å². The Morgan fingerprint density at radius 2 is 1.75 bits per heavy atom. The van der Waals surface area contributed by atoms with Gasteiger partial charge in [0.05, 0.1) is 6.61 Å². The fourth-order valence-corrected chi connectivity index (χ4v) is 3.06. The molecular formula is C25H27NO6. The molecule has 32 heavy (non-hydrogen) atoms. The summed E-state index contributed by atoms with van der Waals surface area (Å²) >= 11 is 0. The fourth-order valence-electron chi connectivity index (χ4n) is 3.06. The minimum Gasteiger partial charge on any atom is -0.494 e. The van der Waals surface area contributed by atoms with Gasteiger partial charge >= 0.3 is 11.6 Å². The molecule has 168 valence electrons. The third-order valence-electron chi connectivity index (χ3n) is 4.73. The van der Waals surface area contributed by atoms with Crippen LogP contribution in [0.3, 0.4) is 0 Å². The van der Waals surface area contributed by atoms with Crippen LogP contribution >= 0.6 is 0 Å². The van der Waals surface area contributed by atoms with E-state index < -0.39 is 17.5 Å². The van der Waals surface area contributed by atoms with Crippen molar-refractivity contribution < 1.29 is 23.5 Å². The number of esters is 1. The van der Waals surface area contributed by atoms with Crippen LogP contribution in [0.4, 0.5) is 0 Å². The molecule has 1 aromatic heterocycles. The largest absolute Gasteiger partial charge is 0.494 e. The van der Waals surface area contributed by atoms with E-state index in [9.17, 15) is 14.4 Å². The number of aryl methyl sites for hydroxylation is 1. The number of carbonyl (C=O) groups excluding carboxylic acids is 2. The van der Waals surface area contributed by atoms with Gasteiger partial charge in [0, 0.05) is 23.9 Å². The zero-order valence-corrected chi connectivity index (χ0v) is 18.5. The van der Waals surface area contributed by atoms with Crippen molar-refractivity contribution in [2.75, 3.05) is 6.61 Å². The van der Waals surface area contributed by atoms with Crippen molar-refractivity contribution in [3.63, 3.8) is 0 Å². The minimum atomic E-state index is -0.747. The Bertz CT molecular complexity index is 1150. The van der Waals surface area contributed by atoms with E-state index in [0.29, 0.717) is 18.4 Å². The van der Waals surface area contributed by atoms with Crippen molar-refractivity contribution in [1.29, 1.82) is 0 Å². The predicted molar refractivity (Wildman–Crippen MR) is 121 cm³/mol. The van der Waals surface area contributed by atoms with Crippen LogP contribution in [0.1, 0.15) is 49.5 Å². The van der Waals surface area contributed by atoms with Crippen molar-refractivity contribution in [2.24, 2.45) is 0 Å². The second kappa shape index (κ2) is 10.6. The minimum absolute atomic E-state index is 0.0692. The van der Waals surface area contributed by atoms with E-state index in [4.69, 9.17) is 13.9 Å². The molecule has 0 unspecified atom stereocenters. The van der Waals surface area contributed by atoms with Gasteiger partial charge in [0.25, 0.3) is 5.91 Å². The Balaban J connectivity index is 1.55. The second-order valence-corrected chi connectivity index (χ2v) is 7.70. The molecule has 7 heteroatoms. The van der Waals surface area contributed by atoms with Crippen LogP contribution in [-0.4, -0.2) is 24.5 Å². The Morgan fingerprint density at radius 1 is 1.03 bits per heavy atom. The lowest BCUT2D eigenvalue weighted by Crippen LogP contribution is -2.33. The molecule has 0 bridgehead atoms. The Kier molecular flexibility index (Phi) is 7.65. The average molecular weight is 437 g/mol. The number of ether oxygens (including phenoxy) is 2. The van der Waals surface area contributed by atoms with Crippen molar-refractivity contribution in [1.82, 2.24) is 5.32 Å². The Morgan fingerprint density at radius 3 is 2.44 bits per heavy atom. The van der Waals surface area contributed by atoms with E-state index in [1.165, 1.54) is 17.7 Å². The first-order valence-electron chi connectivity index (χ1n) is 10.7. The SMILES string of the molecule is CCc1ccc(OCCCC(=O)Oc2ccc3cc(C(=O)NC(C)C)c(=O)oc3c2)cc1. The topological polar surface area (TPSA) is 94.8 Å². The predicted octanol–water partition coefficient (Wildman–Crippen LogP) is 4.26. The molecule has 3 rings (SSSR count). The van der Waals surface area contributed by atoms with Gasteiger partial charge in [-0.25, -0.2) is 4.79 Å². The van der Waals surface area contributed by atoms with Gasteiger partial charge in [-0.15, -0.1) is 0 Å². The maximum absolute atomic E-state index is 12.2. The Labute approximate surface area is 186 Å². The van der Waals surface area contributed by atoms with E-state index >= 15 is 0 Å². The molecule has 1 N–H and O–H groups in total. The van der Waals surface area contributed by atoms with Crippen LogP contribution in [0.25, 0.3) is 11.0 Å². The van der Waals surface area contributed by atoms with Crippen LogP contribution in [0.2, 0.25) is 0 Å². The molecular weight excluding hydrogens is 410 g/mol. The van der Waals surface area contributed by atoms with Crippen LogP contribution in [0.5, 0.6) is 11.5 Å². The highest BCUT2D eigenvalue weighted by molar-refractivity contribution is 5.96. The summed E-state index contributed by atoms with van der Waals surface area (Å²) < 4.78 is 16.2. The lowest BCUT2D eigenvalue weighted by molar-refractivity contribution is -0.134. The first kappa shape index (κ1) is 23.1. The standard InChI is InChI=1S/C25H27NO6/c1-4-17-7-10-19(11-8-17)30-13-5-6-23(27)31-20-12-9-18-14-21(24(28)26-16(2)3)25(29)32-22(18)15-20/h7-12,14-16H,4-6,13H2,1-3H3,(H,26,28). The summed E-state index contributed by atoms with van der Waals surface area (Å²) in [4.78, 5) is 36.4. The maximum atomic E-state index is 12.2. The molecule has 2 aromatic carbocycles. The fraction of sp³-hybridized carbons (Fsp3) is 0.320. The van der Waals surface area contributed by atoms with Gasteiger partial charge in [-0.1, -0.05) is 19.1 Å². The molecule has 1 amide bonds. The van der Waals surface area contributed by atoms with E-state index in [1.54, 1.807) is 26.0 Å². The molecule has 0 atom stereocenters. The van der Waals surface area contributed by atoms with Crippen LogP contribution < -0.4 is 20.4 Å². The number of fused-ring (bicyclic) bond motifs is 1. The summed E-state index contributed by atoms with van der Waals surface area (Å²) in [5.41, 5.74) is 0.658. The Hall–Kier alpha value is -3.61. The molecule has 1 heterocycles. The number of hydrogen-bond acceptors (Lipinski definition) is 6. The van der Waals surface area contributed by atoms with Crippen molar-refractivity contribution >= 4 is 22.8 Å². The number of benzene rings is 2. The lowest BCUT2D eigenvalue weighted by atomic mass is 10.1. The van der Waals surface area contributed by atoms with E-state index in [0.717, 1.165) is 12.2 Å². The molecule has 0 aliphatic rings. The molecule has 0 aliphatic heterocycles. The molecule has 0 saturated heterocycles. The van der Waals surface area contributed by atoms with Crippen molar-refractivity contribution in [2.45, 2.75) is 46.1 Å². The quantitative estimate of drug-likeness (QED) is 0.233. The van der Waals surface area contributed by atoms with E-state index in [2.05, 4.69) is 12.2 Å². The molecule has 0 saturated carbocycles. The number of nitrogens with one attached hydrogen (secondary N) is 1. The summed E-state index contributed by atoms with van der Waals surface area (Å²) in [5.74, 6) is 0.127. The zero-order chi connectivity index (χ0) is 23.1. The van der Waals surface area contributed by atoms with Crippen molar-refractivity contribution in [3.8, 4) is 11.5 Å². The van der Waals surface area contributed by atoms with Gasteiger partial charge in [0.1, 0.15) is 22.6 Å². The molecule has 0 spiro atoms. The summed E-state index contributed by atoms with van der Waals surface area (Å²) in [6, 6.07) is 13.9. The molecule has 3 aromatic rings. The highest BCUT2D eigenvalue weighted by atomic mass is 16.5. The third kappa shape index (κ3) is 6.20. The first-order chi connectivity index (χ1) is 15.4. The van der Waals surface area contributed by atoms with E-state index in [1.807, 2.05) is 24.3 Å². The van der Waals surface area contributed by atoms with Crippen LogP contribution in [0, 0.1) is 0 Å². The van der Waals surface area contributed by atoms with Crippen molar-refractivity contribution in [3.05, 3.63) is 70.1 Å². The maximum Gasteiger partial charge on any atom is 0.349 e. The summed E-state index contributed by atoms with van der Waals surface area (Å²) in [6.45, 7) is 6.09. The van der Waals surface area contributed by atoms with Gasteiger partial charge in [0.15, 0.2) is 0 Å². The van der Waals surface area contributed by atoms with Crippen LogP contribution in [0.15, 0.2) is 57.7 Å². The monoisotopic (exact) mass is 437 g/mol. The van der Waals surface area contributed by atoms with Gasteiger partial charge in [-0.3, -0.25) is 9.59 Å². The first-order valence-corrected chi connectivity index (χ1v) is 10.7. The molecule has 0 fully saturated rings. The lowest BCUT2D eigenvalue weighted by Gasteiger charge is -2.09. The number of hydrogen-bond donors (Lipinski definition) is 1. The van der Waals surface area contributed by atoms with Crippen LogP contribution in [-0.2, 0) is 11.2 Å². The molecule has 0 aliphatic carbocycles. The normalized spacial score (nSPS) is 10.9. The highest BCUT2D eigenvalue weighted by Gasteiger charge is 2.15. The van der Waals surface area contributed by atoms with Gasteiger partial charge in [0.2, 0.25) is 0 Å². The number of rotatable bonds is 9. The third-order valence-corrected chi connectivity index (χ3v) is 4.73. The second-order valence-electron chi connectivity index (χ2n) is 7.70. The molecule has 0 radical (unpaired) electrons. The number of amides is 1. The van der Waals surface area contributed by atoms with Gasteiger partial charge in [-0.05, 0) is 62.6 Å². The zero-order valence-electron chi connectivity index (χ0n) is 18.5. The summed E-state index contributed by atoms with van der Waals surface area (Å²) in [6.07, 6.45) is 1.66. The number of carbonyl (C=O) groups is 2. The van der Waals surface area contributed by atoms with Gasteiger partial charge < -0.3 is 19.2 Å². The highest BCUT2D eigenvalue weighted by Crippen LogP contribution is 2.21. The average Bonchev–Trinajstić information content (AvgIpc) is 2.76. The summed E-state index contributed by atoms with van der Waals surface area (Å²) in [5, 5.41) is 3.22. The summed E-state index contributed by atoms with van der Waals surface area (Å²) in [7, 11) is 0. The smallest absolute Gasteiger partial charge is 0.349 e. The van der Waals surface area contributed by atoms with E-state index in [-0.39, 0.29) is 29.4 Å². The molecule has 7 nitrogen and oxygen atoms in total.